The fraction of sp³-hybridized carbons (Fsp3) is 0.364. The SMILES string of the molecule is COc1c(CN2CCC[C@H]2c2cccc(Nc3ccc(C#N)nc3)n2)c(C)nn1C. The van der Waals surface area contributed by atoms with Crippen molar-refractivity contribution in [2.24, 2.45) is 7.05 Å². The lowest BCUT2D eigenvalue weighted by Crippen LogP contribution is -2.24. The molecule has 0 radical (unpaired) electrons. The summed E-state index contributed by atoms with van der Waals surface area (Å²) in [4.78, 5) is 11.4. The number of methoxy groups -OCH3 is 1. The van der Waals surface area contributed by atoms with Crippen molar-refractivity contribution in [3.05, 3.63) is 59.2 Å². The Balaban J connectivity index is 1.53. The summed E-state index contributed by atoms with van der Waals surface area (Å²) in [6.07, 6.45) is 3.84. The highest BCUT2D eigenvalue weighted by Crippen LogP contribution is 2.35. The molecule has 4 heterocycles. The first-order chi connectivity index (χ1) is 14.6. The van der Waals surface area contributed by atoms with Crippen LogP contribution in [-0.2, 0) is 13.6 Å². The number of rotatable bonds is 6. The van der Waals surface area contributed by atoms with Crippen LogP contribution >= 0.6 is 0 Å². The Bertz CT molecular complexity index is 1070. The van der Waals surface area contributed by atoms with E-state index in [9.17, 15) is 0 Å². The molecule has 0 saturated carbocycles. The minimum absolute atomic E-state index is 0.246. The monoisotopic (exact) mass is 403 g/mol. The highest BCUT2D eigenvalue weighted by atomic mass is 16.5. The van der Waals surface area contributed by atoms with E-state index in [4.69, 9.17) is 15.0 Å². The lowest BCUT2D eigenvalue weighted by Gasteiger charge is -2.24. The maximum atomic E-state index is 8.89. The summed E-state index contributed by atoms with van der Waals surface area (Å²) in [5.74, 6) is 1.58. The predicted octanol–water partition coefficient (Wildman–Crippen LogP) is 3.48. The number of nitrogens with zero attached hydrogens (tertiary/aromatic N) is 6. The Labute approximate surface area is 176 Å². The van der Waals surface area contributed by atoms with Gasteiger partial charge in [0.25, 0.3) is 0 Å². The van der Waals surface area contributed by atoms with Crippen molar-refractivity contribution >= 4 is 11.5 Å². The van der Waals surface area contributed by atoms with Gasteiger partial charge in [-0.25, -0.2) is 14.6 Å². The Morgan fingerprint density at radius 3 is 2.90 bits per heavy atom. The van der Waals surface area contributed by atoms with E-state index in [-0.39, 0.29) is 6.04 Å². The molecule has 0 aliphatic carbocycles. The molecule has 1 saturated heterocycles. The van der Waals surface area contributed by atoms with Crippen molar-refractivity contribution in [3.63, 3.8) is 0 Å². The van der Waals surface area contributed by atoms with Crippen LogP contribution in [0.3, 0.4) is 0 Å². The lowest BCUT2D eigenvalue weighted by molar-refractivity contribution is 0.239. The largest absolute Gasteiger partial charge is 0.481 e. The number of ether oxygens (including phenoxy) is 1. The number of aromatic nitrogens is 4. The molecule has 1 N–H and O–H groups in total. The zero-order valence-electron chi connectivity index (χ0n) is 17.5. The summed E-state index contributed by atoms with van der Waals surface area (Å²) in [5, 5.41) is 16.7. The molecule has 4 rings (SSSR count). The quantitative estimate of drug-likeness (QED) is 0.674. The average Bonchev–Trinajstić information content (AvgIpc) is 3.33. The van der Waals surface area contributed by atoms with Crippen molar-refractivity contribution in [3.8, 4) is 11.9 Å². The van der Waals surface area contributed by atoms with Crippen LogP contribution in [0.1, 0.15) is 41.5 Å². The first kappa shape index (κ1) is 19.9. The van der Waals surface area contributed by atoms with Gasteiger partial charge in [-0.05, 0) is 50.6 Å². The van der Waals surface area contributed by atoms with Crippen molar-refractivity contribution in [1.29, 1.82) is 5.26 Å². The third kappa shape index (κ3) is 3.98. The number of hydrogen-bond donors (Lipinski definition) is 1. The fourth-order valence-electron chi connectivity index (χ4n) is 4.06. The first-order valence-electron chi connectivity index (χ1n) is 9.99. The van der Waals surface area contributed by atoms with E-state index in [1.54, 1.807) is 24.1 Å². The summed E-state index contributed by atoms with van der Waals surface area (Å²) in [6, 6.07) is 11.8. The molecule has 1 atom stereocenters. The van der Waals surface area contributed by atoms with Gasteiger partial charge in [0, 0.05) is 13.6 Å². The first-order valence-corrected chi connectivity index (χ1v) is 9.99. The van der Waals surface area contributed by atoms with Crippen LogP contribution in [0.2, 0.25) is 0 Å². The van der Waals surface area contributed by atoms with Gasteiger partial charge in [-0.15, -0.1) is 0 Å². The molecular weight excluding hydrogens is 378 g/mol. The Kier molecular flexibility index (Phi) is 5.63. The predicted molar refractivity (Wildman–Crippen MR) is 113 cm³/mol. The number of likely N-dealkylation sites (tertiary alicyclic amines) is 1. The lowest BCUT2D eigenvalue weighted by atomic mass is 10.1. The van der Waals surface area contributed by atoms with Gasteiger partial charge in [-0.3, -0.25) is 4.90 Å². The minimum atomic E-state index is 0.246. The Morgan fingerprint density at radius 1 is 1.30 bits per heavy atom. The normalized spacial score (nSPS) is 16.4. The highest BCUT2D eigenvalue weighted by Gasteiger charge is 2.29. The van der Waals surface area contributed by atoms with Gasteiger partial charge < -0.3 is 10.1 Å². The molecule has 0 amide bonds. The van der Waals surface area contributed by atoms with E-state index < -0.39 is 0 Å². The molecule has 8 heteroatoms. The zero-order chi connectivity index (χ0) is 21.1. The topological polar surface area (TPSA) is 91.9 Å². The minimum Gasteiger partial charge on any atom is -0.481 e. The summed E-state index contributed by atoms with van der Waals surface area (Å²) < 4.78 is 7.37. The fourth-order valence-corrected chi connectivity index (χ4v) is 4.06. The van der Waals surface area contributed by atoms with Crippen LogP contribution < -0.4 is 10.1 Å². The molecule has 30 heavy (non-hydrogen) atoms. The third-order valence-electron chi connectivity index (χ3n) is 5.47. The second-order valence-corrected chi connectivity index (χ2v) is 7.44. The smallest absolute Gasteiger partial charge is 0.216 e. The summed E-state index contributed by atoms with van der Waals surface area (Å²) >= 11 is 0. The van der Waals surface area contributed by atoms with Gasteiger partial charge >= 0.3 is 0 Å². The number of nitriles is 1. The van der Waals surface area contributed by atoms with Gasteiger partial charge in [0.1, 0.15) is 17.6 Å². The summed E-state index contributed by atoms with van der Waals surface area (Å²) in [5.41, 5.74) is 4.36. The van der Waals surface area contributed by atoms with Gasteiger partial charge in [0.15, 0.2) is 0 Å². The van der Waals surface area contributed by atoms with Gasteiger partial charge in [-0.2, -0.15) is 10.4 Å². The molecule has 0 unspecified atom stereocenters. The molecular formula is C22H25N7O. The van der Waals surface area contributed by atoms with E-state index >= 15 is 0 Å². The summed E-state index contributed by atoms with van der Waals surface area (Å²) in [7, 11) is 3.60. The molecule has 3 aromatic heterocycles. The van der Waals surface area contributed by atoms with Crippen LogP contribution in [0.5, 0.6) is 5.88 Å². The molecule has 0 spiro atoms. The van der Waals surface area contributed by atoms with Crippen molar-refractivity contribution in [2.75, 3.05) is 19.0 Å². The zero-order valence-corrected chi connectivity index (χ0v) is 17.5. The standard InChI is InChI=1S/C22H25N7O/c1-15-18(22(30-3)28(2)27-15)14-29-11-5-7-20(29)19-6-4-8-21(26-19)25-17-10-9-16(12-23)24-13-17/h4,6,8-10,13,20H,5,7,11,14H2,1-3H3,(H,25,26)/t20-/m0/s1. The molecule has 3 aromatic rings. The van der Waals surface area contributed by atoms with Crippen LogP contribution in [0.15, 0.2) is 36.5 Å². The molecule has 0 bridgehead atoms. The number of hydrogen-bond acceptors (Lipinski definition) is 7. The van der Waals surface area contributed by atoms with Gasteiger partial charge in [-0.1, -0.05) is 6.07 Å². The Hall–Kier alpha value is -3.44. The molecule has 1 aliphatic heterocycles. The number of aryl methyl sites for hydroxylation is 2. The maximum absolute atomic E-state index is 8.89. The van der Waals surface area contributed by atoms with Gasteiger partial charge in [0.05, 0.1) is 42.0 Å². The third-order valence-corrected chi connectivity index (χ3v) is 5.47. The highest BCUT2D eigenvalue weighted by molar-refractivity contribution is 5.55. The molecule has 154 valence electrons. The number of pyridine rings is 2. The van der Waals surface area contributed by atoms with Crippen molar-refractivity contribution in [2.45, 2.75) is 32.4 Å². The van der Waals surface area contributed by atoms with E-state index in [0.717, 1.165) is 60.3 Å². The maximum Gasteiger partial charge on any atom is 0.216 e. The Morgan fingerprint density at radius 2 is 2.17 bits per heavy atom. The van der Waals surface area contributed by atoms with E-state index in [0.29, 0.717) is 5.69 Å². The summed E-state index contributed by atoms with van der Waals surface area (Å²) in [6.45, 7) is 3.82. The van der Waals surface area contributed by atoms with Crippen LogP contribution in [0.4, 0.5) is 11.5 Å². The van der Waals surface area contributed by atoms with Crippen LogP contribution in [0.25, 0.3) is 0 Å². The molecule has 1 fully saturated rings. The average molecular weight is 403 g/mol. The molecule has 1 aliphatic rings. The second kappa shape index (κ2) is 8.51. The van der Waals surface area contributed by atoms with E-state index in [1.807, 2.05) is 38.2 Å². The second-order valence-electron chi connectivity index (χ2n) is 7.44. The van der Waals surface area contributed by atoms with Crippen molar-refractivity contribution < 1.29 is 4.74 Å². The number of nitrogens with one attached hydrogen (secondary N) is 1. The van der Waals surface area contributed by atoms with Crippen molar-refractivity contribution in [1.82, 2.24) is 24.6 Å². The van der Waals surface area contributed by atoms with Gasteiger partial charge in [0.2, 0.25) is 5.88 Å². The van der Waals surface area contributed by atoms with Crippen LogP contribution in [-0.4, -0.2) is 38.3 Å². The molecule has 0 aromatic carbocycles. The van der Waals surface area contributed by atoms with E-state index in [2.05, 4.69) is 26.4 Å². The molecule has 8 nitrogen and oxygen atoms in total. The number of anilines is 2. The van der Waals surface area contributed by atoms with E-state index in [1.165, 1.54) is 0 Å². The van der Waals surface area contributed by atoms with Crippen LogP contribution in [0, 0.1) is 18.3 Å².